The van der Waals surface area contributed by atoms with Gasteiger partial charge >= 0.3 is 5.97 Å². The van der Waals surface area contributed by atoms with Crippen LogP contribution in [-0.4, -0.2) is 24.3 Å². The molecule has 0 aliphatic carbocycles. The third kappa shape index (κ3) is 2.07. The van der Waals surface area contributed by atoms with E-state index in [1.54, 1.807) is 24.3 Å². The highest BCUT2D eigenvalue weighted by atomic mass is 19.1. The molecular formula is C15H11FO4. The third-order valence-electron chi connectivity index (χ3n) is 3.06. The Morgan fingerprint density at radius 1 is 1.15 bits per heavy atom. The van der Waals surface area contributed by atoms with Gasteiger partial charge in [-0.2, -0.15) is 0 Å². The summed E-state index contributed by atoms with van der Waals surface area (Å²) in [6, 6.07) is 9.18. The quantitative estimate of drug-likeness (QED) is 0.914. The van der Waals surface area contributed by atoms with Gasteiger partial charge in [-0.1, -0.05) is 18.2 Å². The summed E-state index contributed by atoms with van der Waals surface area (Å²) in [4.78, 5) is 11.3. The van der Waals surface area contributed by atoms with Crippen LogP contribution in [0, 0.1) is 5.82 Å². The first-order chi connectivity index (χ1) is 9.66. The fourth-order valence-electron chi connectivity index (χ4n) is 2.16. The van der Waals surface area contributed by atoms with Crippen LogP contribution in [0.2, 0.25) is 0 Å². The van der Waals surface area contributed by atoms with Crippen LogP contribution in [-0.2, 0) is 0 Å². The number of carboxylic acid groups (broad SMARTS) is 1. The number of hydrogen-bond acceptors (Lipinski definition) is 3. The molecule has 0 unspecified atom stereocenters. The Hall–Kier alpha value is -2.56. The zero-order chi connectivity index (χ0) is 14.1. The normalized spacial score (nSPS) is 13.1. The lowest BCUT2D eigenvalue weighted by Crippen LogP contribution is -2.18. The van der Waals surface area contributed by atoms with Gasteiger partial charge in [-0.25, -0.2) is 9.18 Å². The Morgan fingerprint density at radius 3 is 2.65 bits per heavy atom. The van der Waals surface area contributed by atoms with Crippen LogP contribution >= 0.6 is 0 Å². The fraction of sp³-hybridized carbons (Fsp3) is 0.133. The summed E-state index contributed by atoms with van der Waals surface area (Å²) in [6.45, 7) is 0.638. The molecule has 20 heavy (non-hydrogen) atoms. The molecule has 1 aliphatic heterocycles. The Labute approximate surface area is 114 Å². The van der Waals surface area contributed by atoms with E-state index in [9.17, 15) is 14.3 Å². The first-order valence-electron chi connectivity index (χ1n) is 6.08. The number of carboxylic acids is 1. The van der Waals surface area contributed by atoms with Gasteiger partial charge in [-0.3, -0.25) is 0 Å². The predicted molar refractivity (Wildman–Crippen MR) is 69.8 cm³/mol. The lowest BCUT2D eigenvalue weighted by molar-refractivity contribution is 0.0686. The van der Waals surface area contributed by atoms with E-state index in [2.05, 4.69) is 0 Å². The average Bonchev–Trinajstić information content (AvgIpc) is 2.46. The highest BCUT2D eigenvalue weighted by Gasteiger charge is 2.22. The van der Waals surface area contributed by atoms with Crippen LogP contribution in [0.1, 0.15) is 10.4 Å². The second kappa shape index (κ2) is 4.85. The summed E-state index contributed by atoms with van der Waals surface area (Å²) in [5.74, 6) is -1.02. The molecule has 102 valence electrons. The van der Waals surface area contributed by atoms with Crippen molar-refractivity contribution in [2.24, 2.45) is 0 Å². The van der Waals surface area contributed by atoms with Crippen LogP contribution in [0.5, 0.6) is 11.5 Å². The largest absolute Gasteiger partial charge is 0.486 e. The molecular weight excluding hydrogens is 263 g/mol. The zero-order valence-electron chi connectivity index (χ0n) is 10.4. The minimum Gasteiger partial charge on any atom is -0.486 e. The van der Waals surface area contributed by atoms with Crippen molar-refractivity contribution in [3.05, 3.63) is 47.8 Å². The van der Waals surface area contributed by atoms with Crippen molar-refractivity contribution in [3.8, 4) is 22.6 Å². The average molecular weight is 274 g/mol. The highest BCUT2D eigenvalue weighted by molar-refractivity contribution is 5.94. The molecule has 5 heteroatoms. The van der Waals surface area contributed by atoms with Gasteiger partial charge in [-0.15, -0.1) is 0 Å². The first-order valence-corrected chi connectivity index (χ1v) is 6.08. The Balaban J connectivity index is 2.20. The Morgan fingerprint density at radius 2 is 1.90 bits per heavy atom. The molecule has 3 rings (SSSR count). The summed E-state index contributed by atoms with van der Waals surface area (Å²) in [7, 11) is 0. The SMILES string of the molecule is O=C(O)c1cc(-c2ccccc2F)cc2c1OCCO2. The molecule has 0 atom stereocenters. The molecule has 0 spiro atoms. The molecule has 1 aliphatic rings. The number of halogens is 1. The Kier molecular flexibility index (Phi) is 3.02. The van der Waals surface area contributed by atoms with Gasteiger partial charge in [0.2, 0.25) is 0 Å². The van der Waals surface area contributed by atoms with Gasteiger partial charge in [0.25, 0.3) is 0 Å². The standard InChI is InChI=1S/C15H11FO4/c16-12-4-2-1-3-10(12)9-7-11(15(17)18)14-13(8-9)19-5-6-20-14/h1-4,7-8H,5-6H2,(H,17,18). The van der Waals surface area contributed by atoms with Crippen LogP contribution in [0.25, 0.3) is 11.1 Å². The van der Waals surface area contributed by atoms with Crippen molar-refractivity contribution >= 4 is 5.97 Å². The van der Waals surface area contributed by atoms with Gasteiger partial charge in [0, 0.05) is 5.56 Å². The smallest absolute Gasteiger partial charge is 0.339 e. The van der Waals surface area contributed by atoms with Crippen LogP contribution < -0.4 is 9.47 Å². The molecule has 4 nitrogen and oxygen atoms in total. The maximum atomic E-state index is 13.8. The Bertz CT molecular complexity index is 682. The number of hydrogen-bond donors (Lipinski definition) is 1. The van der Waals surface area contributed by atoms with E-state index < -0.39 is 11.8 Å². The van der Waals surface area contributed by atoms with Crippen molar-refractivity contribution in [1.29, 1.82) is 0 Å². The molecule has 0 bridgehead atoms. The maximum absolute atomic E-state index is 13.8. The van der Waals surface area contributed by atoms with Crippen molar-refractivity contribution in [2.75, 3.05) is 13.2 Å². The number of fused-ring (bicyclic) bond motifs is 1. The topological polar surface area (TPSA) is 55.8 Å². The van der Waals surface area contributed by atoms with Crippen LogP contribution in [0.4, 0.5) is 4.39 Å². The summed E-state index contributed by atoms with van der Waals surface area (Å²) in [5, 5.41) is 9.25. The summed E-state index contributed by atoms with van der Waals surface area (Å²) >= 11 is 0. The molecule has 0 radical (unpaired) electrons. The van der Waals surface area contributed by atoms with Gasteiger partial charge < -0.3 is 14.6 Å². The van der Waals surface area contributed by atoms with Crippen molar-refractivity contribution in [2.45, 2.75) is 0 Å². The summed E-state index contributed by atoms with van der Waals surface area (Å²) in [6.07, 6.45) is 0. The lowest BCUT2D eigenvalue weighted by atomic mass is 10.0. The van der Waals surface area contributed by atoms with Crippen LogP contribution in [0.15, 0.2) is 36.4 Å². The number of rotatable bonds is 2. The summed E-state index contributed by atoms with van der Waals surface area (Å²) < 4.78 is 24.6. The minimum atomic E-state index is -1.13. The molecule has 0 aromatic heterocycles. The second-order valence-corrected chi connectivity index (χ2v) is 4.33. The molecule has 0 saturated carbocycles. The van der Waals surface area contributed by atoms with E-state index in [0.29, 0.717) is 30.1 Å². The van der Waals surface area contributed by atoms with Crippen molar-refractivity contribution < 1.29 is 23.8 Å². The van der Waals surface area contributed by atoms with Gasteiger partial charge in [0.15, 0.2) is 11.5 Å². The highest BCUT2D eigenvalue weighted by Crippen LogP contribution is 2.38. The predicted octanol–water partition coefficient (Wildman–Crippen LogP) is 2.96. The molecule has 0 fully saturated rings. The molecule has 1 N–H and O–H groups in total. The van der Waals surface area contributed by atoms with Gasteiger partial charge in [-0.05, 0) is 23.8 Å². The number of benzene rings is 2. The van der Waals surface area contributed by atoms with Crippen molar-refractivity contribution in [1.82, 2.24) is 0 Å². The molecule has 0 saturated heterocycles. The second-order valence-electron chi connectivity index (χ2n) is 4.33. The minimum absolute atomic E-state index is 0.0274. The molecule has 2 aromatic carbocycles. The van der Waals surface area contributed by atoms with Crippen LogP contribution in [0.3, 0.4) is 0 Å². The monoisotopic (exact) mass is 274 g/mol. The number of aromatic carboxylic acids is 1. The summed E-state index contributed by atoms with van der Waals surface area (Å²) in [5.41, 5.74) is 0.747. The lowest BCUT2D eigenvalue weighted by Gasteiger charge is -2.21. The molecule has 2 aromatic rings. The van der Waals surface area contributed by atoms with E-state index >= 15 is 0 Å². The fourth-order valence-corrected chi connectivity index (χ4v) is 2.16. The third-order valence-corrected chi connectivity index (χ3v) is 3.06. The van der Waals surface area contributed by atoms with E-state index in [-0.39, 0.29) is 11.3 Å². The molecule has 1 heterocycles. The number of ether oxygens (including phenoxy) is 2. The maximum Gasteiger partial charge on any atom is 0.339 e. The molecule has 0 amide bonds. The van der Waals surface area contributed by atoms with E-state index in [1.165, 1.54) is 12.1 Å². The van der Waals surface area contributed by atoms with E-state index in [1.807, 2.05) is 0 Å². The number of carbonyl (C=O) groups is 1. The van der Waals surface area contributed by atoms with E-state index in [0.717, 1.165) is 0 Å². The van der Waals surface area contributed by atoms with Crippen molar-refractivity contribution in [3.63, 3.8) is 0 Å². The van der Waals surface area contributed by atoms with Gasteiger partial charge in [0.1, 0.15) is 24.6 Å². The zero-order valence-corrected chi connectivity index (χ0v) is 10.4. The van der Waals surface area contributed by atoms with Gasteiger partial charge in [0.05, 0.1) is 0 Å². The van der Waals surface area contributed by atoms with E-state index in [4.69, 9.17) is 9.47 Å². The first kappa shape index (κ1) is 12.5.